The molecule has 1 rings (SSSR count). The summed E-state index contributed by atoms with van der Waals surface area (Å²) in [5, 5.41) is 0. The van der Waals surface area contributed by atoms with E-state index in [9.17, 15) is 17.2 Å². The van der Waals surface area contributed by atoms with E-state index in [1.54, 1.807) is 17.0 Å². The summed E-state index contributed by atoms with van der Waals surface area (Å²) in [6, 6.07) is 5.83. The topological polar surface area (TPSA) is 63.4 Å². The summed E-state index contributed by atoms with van der Waals surface area (Å²) < 4.78 is 49.0. The van der Waals surface area contributed by atoms with Crippen molar-refractivity contribution in [2.45, 2.75) is 30.4 Å². The molecule has 2 N–H and O–H groups in total. The average Bonchev–Trinajstić information content (AvgIpc) is 2.43. The largest absolute Gasteiger partial charge is 0.369 e. The second-order valence-electron chi connectivity index (χ2n) is 4.40. The zero-order chi connectivity index (χ0) is 15.2. The standard InChI is InChI=1S/C13H20F2N2O2S/c1-2-3-9-17(10-8-16)11-6-4-5-7-12(11)20(18,19)13(14)15/h4-7,13H,2-3,8-10,16H2,1H3. The lowest BCUT2D eigenvalue weighted by atomic mass is 10.2. The van der Waals surface area contributed by atoms with Crippen molar-refractivity contribution in [1.82, 2.24) is 0 Å². The van der Waals surface area contributed by atoms with Gasteiger partial charge in [-0.2, -0.15) is 8.78 Å². The Morgan fingerprint density at radius 1 is 1.25 bits per heavy atom. The van der Waals surface area contributed by atoms with Gasteiger partial charge >= 0.3 is 5.76 Å². The fourth-order valence-corrected chi connectivity index (χ4v) is 2.86. The minimum Gasteiger partial charge on any atom is -0.369 e. The Kier molecular flexibility index (Phi) is 6.35. The van der Waals surface area contributed by atoms with Gasteiger partial charge in [0.15, 0.2) is 0 Å². The zero-order valence-electron chi connectivity index (χ0n) is 11.4. The number of para-hydroxylation sites is 1. The molecule has 20 heavy (non-hydrogen) atoms. The van der Waals surface area contributed by atoms with Crippen LogP contribution in [-0.4, -0.2) is 33.8 Å². The third-order valence-corrected chi connectivity index (χ3v) is 4.36. The molecule has 1 aromatic rings. The van der Waals surface area contributed by atoms with Crippen molar-refractivity contribution in [1.29, 1.82) is 0 Å². The Balaban J connectivity index is 3.22. The minimum atomic E-state index is -4.61. The summed E-state index contributed by atoms with van der Waals surface area (Å²) in [5.74, 6) is -3.42. The van der Waals surface area contributed by atoms with Gasteiger partial charge in [-0.3, -0.25) is 0 Å². The Labute approximate surface area is 118 Å². The number of rotatable bonds is 8. The van der Waals surface area contributed by atoms with E-state index < -0.39 is 15.6 Å². The Morgan fingerprint density at radius 3 is 2.45 bits per heavy atom. The van der Waals surface area contributed by atoms with Crippen LogP contribution in [0.1, 0.15) is 19.8 Å². The molecule has 0 amide bonds. The second kappa shape index (κ2) is 7.54. The summed E-state index contributed by atoms with van der Waals surface area (Å²) >= 11 is 0. The molecule has 0 atom stereocenters. The SMILES string of the molecule is CCCCN(CCN)c1ccccc1S(=O)(=O)C(F)F. The fourth-order valence-electron chi connectivity index (χ4n) is 1.91. The van der Waals surface area contributed by atoms with Crippen molar-refractivity contribution >= 4 is 15.5 Å². The number of unbranched alkanes of at least 4 members (excludes halogenated alkanes) is 1. The predicted molar refractivity (Wildman–Crippen MR) is 75.8 cm³/mol. The van der Waals surface area contributed by atoms with Crippen molar-refractivity contribution in [3.05, 3.63) is 24.3 Å². The smallest absolute Gasteiger partial charge is 0.341 e. The van der Waals surface area contributed by atoms with Crippen molar-refractivity contribution in [3.8, 4) is 0 Å². The molecule has 0 aromatic heterocycles. The molecular formula is C13H20F2N2O2S. The Morgan fingerprint density at radius 2 is 1.90 bits per heavy atom. The van der Waals surface area contributed by atoms with Crippen LogP contribution in [0.3, 0.4) is 0 Å². The molecule has 0 aliphatic rings. The van der Waals surface area contributed by atoms with E-state index in [2.05, 4.69) is 0 Å². The lowest BCUT2D eigenvalue weighted by Gasteiger charge is -2.26. The van der Waals surface area contributed by atoms with E-state index in [0.29, 0.717) is 25.3 Å². The molecule has 0 bridgehead atoms. The molecule has 0 fully saturated rings. The van der Waals surface area contributed by atoms with Crippen LogP contribution in [0.25, 0.3) is 0 Å². The molecule has 0 saturated carbocycles. The van der Waals surface area contributed by atoms with Gasteiger partial charge in [-0.05, 0) is 18.6 Å². The highest BCUT2D eigenvalue weighted by molar-refractivity contribution is 7.91. The van der Waals surface area contributed by atoms with Crippen molar-refractivity contribution in [3.63, 3.8) is 0 Å². The maximum Gasteiger partial charge on any atom is 0.341 e. The summed E-state index contributed by atoms with van der Waals surface area (Å²) in [6.07, 6.45) is 1.76. The van der Waals surface area contributed by atoms with Crippen LogP contribution in [0.4, 0.5) is 14.5 Å². The predicted octanol–water partition coefficient (Wildman–Crippen LogP) is 2.25. The highest BCUT2D eigenvalue weighted by atomic mass is 32.2. The van der Waals surface area contributed by atoms with Gasteiger partial charge in [0, 0.05) is 19.6 Å². The van der Waals surface area contributed by atoms with Crippen LogP contribution in [0.2, 0.25) is 0 Å². The molecule has 0 aliphatic heterocycles. The molecule has 7 heteroatoms. The number of nitrogens with zero attached hydrogens (tertiary/aromatic N) is 1. The first-order valence-corrected chi connectivity index (χ1v) is 8.05. The molecule has 0 aliphatic carbocycles. The molecule has 0 heterocycles. The highest BCUT2D eigenvalue weighted by Crippen LogP contribution is 2.29. The molecule has 0 radical (unpaired) electrons. The van der Waals surface area contributed by atoms with Crippen LogP contribution >= 0.6 is 0 Å². The van der Waals surface area contributed by atoms with Gasteiger partial charge in [0.25, 0.3) is 0 Å². The number of hydrogen-bond acceptors (Lipinski definition) is 4. The van der Waals surface area contributed by atoms with Crippen LogP contribution in [0, 0.1) is 0 Å². The molecule has 0 unspecified atom stereocenters. The van der Waals surface area contributed by atoms with Crippen LogP contribution in [-0.2, 0) is 9.84 Å². The number of hydrogen-bond donors (Lipinski definition) is 1. The fraction of sp³-hybridized carbons (Fsp3) is 0.538. The summed E-state index contributed by atoms with van der Waals surface area (Å²) in [4.78, 5) is 1.42. The molecule has 114 valence electrons. The monoisotopic (exact) mass is 306 g/mol. The number of benzene rings is 1. The minimum absolute atomic E-state index is 0.298. The second-order valence-corrected chi connectivity index (χ2v) is 6.29. The van der Waals surface area contributed by atoms with E-state index in [1.807, 2.05) is 6.92 Å². The quantitative estimate of drug-likeness (QED) is 0.800. The van der Waals surface area contributed by atoms with E-state index in [0.717, 1.165) is 12.8 Å². The maximum absolute atomic E-state index is 12.7. The first-order valence-electron chi connectivity index (χ1n) is 6.51. The molecule has 0 spiro atoms. The lowest BCUT2D eigenvalue weighted by Crippen LogP contribution is -2.32. The van der Waals surface area contributed by atoms with Crippen LogP contribution < -0.4 is 10.6 Å². The van der Waals surface area contributed by atoms with Crippen molar-refractivity contribution < 1.29 is 17.2 Å². The van der Waals surface area contributed by atoms with Gasteiger partial charge in [-0.1, -0.05) is 25.5 Å². The van der Waals surface area contributed by atoms with Crippen LogP contribution in [0.15, 0.2) is 29.2 Å². The van der Waals surface area contributed by atoms with Gasteiger partial charge in [-0.25, -0.2) is 8.42 Å². The molecular weight excluding hydrogens is 286 g/mol. The number of nitrogens with two attached hydrogens (primary N) is 1. The Hall–Kier alpha value is -1.21. The maximum atomic E-state index is 12.7. The zero-order valence-corrected chi connectivity index (χ0v) is 12.2. The molecule has 1 aromatic carbocycles. The van der Waals surface area contributed by atoms with E-state index in [1.165, 1.54) is 12.1 Å². The van der Waals surface area contributed by atoms with Crippen molar-refractivity contribution in [2.24, 2.45) is 5.73 Å². The van der Waals surface area contributed by atoms with Gasteiger partial charge in [-0.15, -0.1) is 0 Å². The number of anilines is 1. The summed E-state index contributed by atoms with van der Waals surface area (Å²) in [7, 11) is -4.61. The summed E-state index contributed by atoms with van der Waals surface area (Å²) in [6.45, 7) is 3.34. The first-order chi connectivity index (χ1) is 9.45. The van der Waals surface area contributed by atoms with Gasteiger partial charge in [0.2, 0.25) is 9.84 Å². The highest BCUT2D eigenvalue weighted by Gasteiger charge is 2.30. The Bertz CT molecular complexity index is 521. The molecule has 4 nitrogen and oxygen atoms in total. The van der Waals surface area contributed by atoms with E-state index in [-0.39, 0.29) is 4.90 Å². The average molecular weight is 306 g/mol. The van der Waals surface area contributed by atoms with Crippen LogP contribution in [0.5, 0.6) is 0 Å². The third kappa shape index (κ3) is 3.89. The number of alkyl halides is 2. The first kappa shape index (κ1) is 16.8. The number of sulfone groups is 1. The molecule has 0 saturated heterocycles. The van der Waals surface area contributed by atoms with E-state index in [4.69, 9.17) is 5.73 Å². The van der Waals surface area contributed by atoms with Crippen molar-refractivity contribution in [2.75, 3.05) is 24.5 Å². The van der Waals surface area contributed by atoms with Gasteiger partial charge < -0.3 is 10.6 Å². The van der Waals surface area contributed by atoms with Gasteiger partial charge in [0.05, 0.1) is 10.6 Å². The lowest BCUT2D eigenvalue weighted by molar-refractivity contribution is 0.235. The summed E-state index contributed by atoms with van der Waals surface area (Å²) in [5.41, 5.74) is 5.82. The number of halogens is 2. The van der Waals surface area contributed by atoms with Gasteiger partial charge in [0.1, 0.15) is 0 Å². The van der Waals surface area contributed by atoms with E-state index >= 15 is 0 Å². The third-order valence-electron chi connectivity index (χ3n) is 2.93. The normalized spacial score (nSPS) is 11.8.